The predicted molar refractivity (Wildman–Crippen MR) is 85.5 cm³/mol. The molecule has 1 aliphatic heterocycles. The van der Waals surface area contributed by atoms with Gasteiger partial charge in [0, 0.05) is 45.0 Å². The molecule has 1 saturated heterocycles. The summed E-state index contributed by atoms with van der Waals surface area (Å²) in [6, 6.07) is 8.11. The zero-order valence-electron chi connectivity index (χ0n) is 12.9. The van der Waals surface area contributed by atoms with E-state index < -0.39 is 0 Å². The number of halogens is 1. The molecule has 23 heavy (non-hydrogen) atoms. The number of benzene rings is 1. The number of piperazine rings is 1. The topological polar surface area (TPSA) is 49.3 Å². The van der Waals surface area contributed by atoms with Gasteiger partial charge >= 0.3 is 0 Å². The maximum Gasteiger partial charge on any atom is 0.225 e. The van der Waals surface area contributed by atoms with Crippen molar-refractivity contribution in [2.45, 2.75) is 12.8 Å². The van der Waals surface area contributed by atoms with Gasteiger partial charge in [-0.1, -0.05) is 12.1 Å². The van der Waals surface area contributed by atoms with Crippen LogP contribution in [-0.4, -0.2) is 47.0 Å². The Labute approximate surface area is 134 Å². The number of aromatic nitrogens is 2. The Kier molecular flexibility index (Phi) is 4.80. The lowest BCUT2D eigenvalue weighted by Gasteiger charge is -2.34. The molecule has 1 aromatic carbocycles. The van der Waals surface area contributed by atoms with E-state index in [0.29, 0.717) is 31.9 Å². The minimum absolute atomic E-state index is 0.142. The van der Waals surface area contributed by atoms with Crippen molar-refractivity contribution in [2.24, 2.45) is 0 Å². The second kappa shape index (κ2) is 7.17. The summed E-state index contributed by atoms with van der Waals surface area (Å²) in [6.45, 7) is 2.85. The molecule has 1 aliphatic rings. The maximum atomic E-state index is 12.9. The van der Waals surface area contributed by atoms with Crippen molar-refractivity contribution in [2.75, 3.05) is 31.1 Å². The van der Waals surface area contributed by atoms with Crippen LogP contribution in [0, 0.1) is 5.82 Å². The van der Waals surface area contributed by atoms with Crippen LogP contribution in [0.25, 0.3) is 0 Å². The molecule has 0 N–H and O–H groups in total. The average Bonchev–Trinajstić information content (AvgIpc) is 2.62. The van der Waals surface area contributed by atoms with Crippen LogP contribution in [-0.2, 0) is 11.2 Å². The van der Waals surface area contributed by atoms with Crippen LogP contribution >= 0.6 is 0 Å². The number of rotatable bonds is 4. The fourth-order valence-electron chi connectivity index (χ4n) is 2.67. The summed E-state index contributed by atoms with van der Waals surface area (Å²) in [6.07, 6.45) is 4.54. The Balaban J connectivity index is 1.47. The van der Waals surface area contributed by atoms with Gasteiger partial charge in [0.05, 0.1) is 0 Å². The third-order valence-electron chi connectivity index (χ3n) is 4.01. The van der Waals surface area contributed by atoms with Crippen molar-refractivity contribution >= 4 is 11.9 Å². The molecule has 3 rings (SSSR count). The summed E-state index contributed by atoms with van der Waals surface area (Å²) in [5.74, 6) is 0.605. The van der Waals surface area contributed by atoms with E-state index in [1.165, 1.54) is 12.1 Å². The highest BCUT2D eigenvalue weighted by atomic mass is 19.1. The molecule has 1 fully saturated rings. The lowest BCUT2D eigenvalue weighted by Crippen LogP contribution is -2.49. The van der Waals surface area contributed by atoms with E-state index in [1.807, 2.05) is 4.90 Å². The lowest BCUT2D eigenvalue weighted by molar-refractivity contribution is -0.131. The molecule has 2 aromatic rings. The number of aryl methyl sites for hydroxylation is 1. The first-order valence-corrected chi connectivity index (χ1v) is 7.76. The minimum Gasteiger partial charge on any atom is -0.339 e. The van der Waals surface area contributed by atoms with Gasteiger partial charge in [-0.25, -0.2) is 14.4 Å². The van der Waals surface area contributed by atoms with Crippen LogP contribution < -0.4 is 4.90 Å². The minimum atomic E-state index is -0.251. The second-order valence-corrected chi connectivity index (χ2v) is 5.54. The van der Waals surface area contributed by atoms with Gasteiger partial charge in [0.15, 0.2) is 0 Å². The van der Waals surface area contributed by atoms with Crippen LogP contribution in [0.3, 0.4) is 0 Å². The molecule has 0 bridgehead atoms. The highest BCUT2D eigenvalue weighted by Gasteiger charge is 2.22. The largest absolute Gasteiger partial charge is 0.339 e. The van der Waals surface area contributed by atoms with Crippen LogP contribution in [0.1, 0.15) is 12.0 Å². The Bertz CT molecular complexity index is 639. The molecule has 0 radical (unpaired) electrons. The summed E-state index contributed by atoms with van der Waals surface area (Å²) >= 11 is 0. The van der Waals surface area contributed by atoms with Crippen molar-refractivity contribution in [3.63, 3.8) is 0 Å². The molecule has 0 spiro atoms. The molecule has 120 valence electrons. The van der Waals surface area contributed by atoms with Crippen LogP contribution in [0.15, 0.2) is 42.7 Å². The summed E-state index contributed by atoms with van der Waals surface area (Å²) in [7, 11) is 0. The Hall–Kier alpha value is -2.50. The SMILES string of the molecule is O=C(CCc1ccc(F)cc1)N1CCN(c2ncccn2)CC1. The number of hydrogen-bond acceptors (Lipinski definition) is 4. The molecule has 1 amide bonds. The summed E-state index contributed by atoms with van der Waals surface area (Å²) in [4.78, 5) is 24.7. The normalized spacial score (nSPS) is 14.8. The van der Waals surface area contributed by atoms with Gasteiger partial charge < -0.3 is 9.80 Å². The van der Waals surface area contributed by atoms with E-state index in [0.717, 1.165) is 18.7 Å². The zero-order chi connectivity index (χ0) is 16.1. The smallest absolute Gasteiger partial charge is 0.225 e. The van der Waals surface area contributed by atoms with E-state index in [1.54, 1.807) is 30.6 Å². The molecular weight excluding hydrogens is 295 g/mol. The second-order valence-electron chi connectivity index (χ2n) is 5.54. The first kappa shape index (κ1) is 15.4. The van der Waals surface area contributed by atoms with E-state index in [-0.39, 0.29) is 11.7 Å². The van der Waals surface area contributed by atoms with Crippen molar-refractivity contribution in [3.8, 4) is 0 Å². The third-order valence-corrected chi connectivity index (χ3v) is 4.01. The number of nitrogens with zero attached hydrogens (tertiary/aromatic N) is 4. The van der Waals surface area contributed by atoms with E-state index in [2.05, 4.69) is 14.9 Å². The van der Waals surface area contributed by atoms with Gasteiger partial charge in [-0.05, 0) is 30.2 Å². The maximum absolute atomic E-state index is 12.9. The van der Waals surface area contributed by atoms with E-state index in [9.17, 15) is 9.18 Å². The molecule has 0 atom stereocenters. The van der Waals surface area contributed by atoms with Gasteiger partial charge in [-0.3, -0.25) is 4.79 Å². The summed E-state index contributed by atoms with van der Waals surface area (Å²) in [5, 5.41) is 0. The molecule has 2 heterocycles. The highest BCUT2D eigenvalue weighted by molar-refractivity contribution is 5.76. The van der Waals surface area contributed by atoms with Gasteiger partial charge in [0.1, 0.15) is 5.82 Å². The van der Waals surface area contributed by atoms with E-state index >= 15 is 0 Å². The number of hydrogen-bond donors (Lipinski definition) is 0. The average molecular weight is 314 g/mol. The standard InChI is InChI=1S/C17H19FN4O/c18-15-5-2-14(3-6-15)4-7-16(23)21-10-12-22(13-11-21)17-19-8-1-9-20-17/h1-3,5-6,8-9H,4,7,10-13H2. The number of amides is 1. The predicted octanol–water partition coefficient (Wildman–Crippen LogP) is 1.90. The molecule has 5 nitrogen and oxygen atoms in total. The molecule has 0 unspecified atom stereocenters. The van der Waals surface area contributed by atoms with Crippen LogP contribution in [0.2, 0.25) is 0 Å². The first-order chi connectivity index (χ1) is 11.2. The van der Waals surface area contributed by atoms with Crippen molar-refractivity contribution in [1.29, 1.82) is 0 Å². The van der Waals surface area contributed by atoms with Gasteiger partial charge in [-0.2, -0.15) is 0 Å². The highest BCUT2D eigenvalue weighted by Crippen LogP contribution is 2.12. The lowest BCUT2D eigenvalue weighted by atomic mass is 10.1. The Morgan fingerprint density at radius 3 is 2.35 bits per heavy atom. The van der Waals surface area contributed by atoms with Crippen LogP contribution in [0.4, 0.5) is 10.3 Å². The Morgan fingerprint density at radius 1 is 1.04 bits per heavy atom. The van der Waals surface area contributed by atoms with Gasteiger partial charge in [-0.15, -0.1) is 0 Å². The molecule has 0 saturated carbocycles. The zero-order valence-corrected chi connectivity index (χ0v) is 12.9. The Morgan fingerprint density at radius 2 is 1.70 bits per heavy atom. The van der Waals surface area contributed by atoms with Gasteiger partial charge in [0.2, 0.25) is 11.9 Å². The summed E-state index contributed by atoms with van der Waals surface area (Å²) in [5.41, 5.74) is 0.982. The number of carbonyl (C=O) groups is 1. The number of anilines is 1. The van der Waals surface area contributed by atoms with E-state index in [4.69, 9.17) is 0 Å². The fourth-order valence-corrected chi connectivity index (χ4v) is 2.67. The quantitative estimate of drug-likeness (QED) is 0.865. The molecule has 6 heteroatoms. The van der Waals surface area contributed by atoms with Gasteiger partial charge in [0.25, 0.3) is 0 Å². The summed E-state index contributed by atoms with van der Waals surface area (Å²) < 4.78 is 12.9. The molecule has 0 aliphatic carbocycles. The monoisotopic (exact) mass is 314 g/mol. The third kappa shape index (κ3) is 4.03. The van der Waals surface area contributed by atoms with Crippen LogP contribution in [0.5, 0.6) is 0 Å². The number of carbonyl (C=O) groups excluding carboxylic acids is 1. The van der Waals surface area contributed by atoms with Crippen molar-refractivity contribution in [3.05, 3.63) is 54.1 Å². The first-order valence-electron chi connectivity index (χ1n) is 7.76. The fraction of sp³-hybridized carbons (Fsp3) is 0.353. The molecular formula is C17H19FN4O. The van der Waals surface area contributed by atoms with Crippen molar-refractivity contribution < 1.29 is 9.18 Å². The molecule has 1 aromatic heterocycles. The van der Waals surface area contributed by atoms with Crippen molar-refractivity contribution in [1.82, 2.24) is 14.9 Å².